The Bertz CT molecular complexity index is 585. The van der Waals surface area contributed by atoms with Crippen LogP contribution in [-0.2, 0) is 9.53 Å². The molecule has 0 aromatic rings. The van der Waals surface area contributed by atoms with Crippen LogP contribution in [-0.4, -0.2) is 11.6 Å². The van der Waals surface area contributed by atoms with Crippen molar-refractivity contribution in [1.82, 2.24) is 0 Å². The number of esters is 1. The second-order valence-corrected chi connectivity index (χ2v) is 8.12. The van der Waals surface area contributed by atoms with Gasteiger partial charge in [-0.3, -0.25) is 4.79 Å². The molecule has 152 valence electrons. The molecule has 0 saturated heterocycles. The lowest BCUT2D eigenvalue weighted by atomic mass is 9.98. The van der Waals surface area contributed by atoms with Gasteiger partial charge in [0.1, 0.15) is 5.60 Å². The molecule has 0 spiro atoms. The molecule has 0 bridgehead atoms. The monoisotopic (exact) mass is 372 g/mol. The highest BCUT2D eigenvalue weighted by Gasteiger charge is 2.24. The first-order valence-corrected chi connectivity index (χ1v) is 10.0. The minimum Gasteiger partial charge on any atom is -0.455 e. The van der Waals surface area contributed by atoms with Gasteiger partial charge < -0.3 is 4.74 Å². The molecule has 1 unspecified atom stereocenters. The Hall–Kier alpha value is -1.83. The fourth-order valence-electron chi connectivity index (χ4n) is 2.68. The first-order valence-electron chi connectivity index (χ1n) is 10.0. The summed E-state index contributed by atoms with van der Waals surface area (Å²) in [6.45, 7) is 20.0. The SMILES string of the molecule is C=CC(C)(CCC=C(C)CCC=C(C)CCC=C(C)C)OC(=O)CC(=C)C. The van der Waals surface area contributed by atoms with E-state index < -0.39 is 5.60 Å². The van der Waals surface area contributed by atoms with Crippen molar-refractivity contribution in [3.63, 3.8) is 0 Å². The molecule has 0 saturated carbocycles. The van der Waals surface area contributed by atoms with Crippen LogP contribution in [0.15, 0.2) is 59.8 Å². The van der Waals surface area contributed by atoms with E-state index in [1.165, 1.54) is 16.7 Å². The predicted octanol–water partition coefficient (Wildman–Crippen LogP) is 7.64. The van der Waals surface area contributed by atoms with Gasteiger partial charge in [0.15, 0.2) is 0 Å². The number of hydrogen-bond donors (Lipinski definition) is 0. The Balaban J connectivity index is 4.35. The van der Waals surface area contributed by atoms with Gasteiger partial charge in [-0.25, -0.2) is 0 Å². The Morgan fingerprint density at radius 2 is 1.44 bits per heavy atom. The lowest BCUT2D eigenvalue weighted by molar-refractivity contribution is -0.153. The van der Waals surface area contributed by atoms with Crippen molar-refractivity contribution < 1.29 is 9.53 Å². The Morgan fingerprint density at radius 3 is 1.93 bits per heavy atom. The van der Waals surface area contributed by atoms with Crippen LogP contribution in [0.25, 0.3) is 0 Å². The van der Waals surface area contributed by atoms with Crippen molar-refractivity contribution in [3.05, 3.63) is 59.8 Å². The summed E-state index contributed by atoms with van der Waals surface area (Å²) < 4.78 is 5.59. The molecule has 0 aromatic carbocycles. The number of carbonyl (C=O) groups is 1. The van der Waals surface area contributed by atoms with Gasteiger partial charge in [-0.1, -0.05) is 53.7 Å². The summed E-state index contributed by atoms with van der Waals surface area (Å²) in [6.07, 6.45) is 14.9. The first-order chi connectivity index (χ1) is 12.6. The lowest BCUT2D eigenvalue weighted by Gasteiger charge is -2.25. The summed E-state index contributed by atoms with van der Waals surface area (Å²) in [5.74, 6) is -0.237. The Kier molecular flexibility index (Phi) is 12.5. The zero-order chi connectivity index (χ0) is 20.9. The second-order valence-electron chi connectivity index (χ2n) is 8.12. The molecular weight excluding hydrogens is 332 g/mol. The maximum atomic E-state index is 11.9. The second kappa shape index (κ2) is 13.4. The van der Waals surface area contributed by atoms with Crippen molar-refractivity contribution in [2.24, 2.45) is 0 Å². The molecule has 0 radical (unpaired) electrons. The van der Waals surface area contributed by atoms with E-state index >= 15 is 0 Å². The molecule has 0 aliphatic carbocycles. The zero-order valence-corrected chi connectivity index (χ0v) is 18.5. The number of carbonyl (C=O) groups excluding carboxylic acids is 1. The smallest absolute Gasteiger partial charge is 0.310 e. The van der Waals surface area contributed by atoms with E-state index in [1.54, 1.807) is 6.08 Å². The van der Waals surface area contributed by atoms with Crippen LogP contribution in [0.1, 0.15) is 86.5 Å². The van der Waals surface area contributed by atoms with Crippen LogP contribution in [0.2, 0.25) is 0 Å². The fraction of sp³-hybridized carbons (Fsp3) is 0.560. The van der Waals surface area contributed by atoms with Gasteiger partial charge in [0.2, 0.25) is 0 Å². The van der Waals surface area contributed by atoms with E-state index in [0.29, 0.717) is 0 Å². The summed E-state index contributed by atoms with van der Waals surface area (Å²) in [7, 11) is 0. The average Bonchev–Trinajstić information content (AvgIpc) is 2.53. The maximum absolute atomic E-state index is 11.9. The molecule has 0 heterocycles. The minimum absolute atomic E-state index is 0.237. The standard InChI is InChI=1S/C25H40O2/c1-9-25(8,27-24(26)19-21(4)5)18-12-17-23(7)16-11-15-22(6)14-10-13-20(2)3/h9,13,15,17H,1,4,10-12,14,16,18-19H2,2-3,5-8H3. The quantitative estimate of drug-likeness (QED) is 0.245. The molecule has 0 N–H and O–H groups in total. The van der Waals surface area contributed by atoms with Gasteiger partial charge in [-0.2, -0.15) is 0 Å². The van der Waals surface area contributed by atoms with Crippen LogP contribution in [0.4, 0.5) is 0 Å². The van der Waals surface area contributed by atoms with E-state index in [2.05, 4.69) is 59.1 Å². The molecule has 0 aromatic heterocycles. The summed E-state index contributed by atoms with van der Waals surface area (Å²) in [4.78, 5) is 11.9. The highest BCUT2D eigenvalue weighted by atomic mass is 16.6. The highest BCUT2D eigenvalue weighted by molar-refractivity contribution is 5.72. The van der Waals surface area contributed by atoms with E-state index in [4.69, 9.17) is 4.74 Å². The summed E-state index contributed by atoms with van der Waals surface area (Å²) in [5, 5.41) is 0. The van der Waals surface area contributed by atoms with Crippen molar-refractivity contribution in [3.8, 4) is 0 Å². The molecule has 0 fully saturated rings. The Labute approximate surface area is 167 Å². The van der Waals surface area contributed by atoms with Gasteiger partial charge >= 0.3 is 5.97 Å². The number of rotatable bonds is 13. The summed E-state index contributed by atoms with van der Waals surface area (Å²) >= 11 is 0. The fourth-order valence-corrected chi connectivity index (χ4v) is 2.68. The van der Waals surface area contributed by atoms with Crippen LogP contribution in [0.3, 0.4) is 0 Å². The lowest BCUT2D eigenvalue weighted by Crippen LogP contribution is -2.29. The van der Waals surface area contributed by atoms with Crippen molar-refractivity contribution >= 4 is 5.97 Å². The van der Waals surface area contributed by atoms with Gasteiger partial charge in [0.05, 0.1) is 6.42 Å². The average molecular weight is 373 g/mol. The number of allylic oxidation sites excluding steroid dienone is 6. The maximum Gasteiger partial charge on any atom is 0.310 e. The molecule has 2 nitrogen and oxygen atoms in total. The first kappa shape index (κ1) is 25.2. The van der Waals surface area contributed by atoms with Gasteiger partial charge in [0.25, 0.3) is 0 Å². The summed E-state index contributed by atoms with van der Waals surface area (Å²) in [6, 6.07) is 0. The largest absolute Gasteiger partial charge is 0.455 e. The van der Waals surface area contributed by atoms with Crippen LogP contribution < -0.4 is 0 Å². The molecule has 0 aliphatic heterocycles. The molecule has 1 atom stereocenters. The van der Waals surface area contributed by atoms with E-state index in [9.17, 15) is 4.79 Å². The summed E-state index contributed by atoms with van der Waals surface area (Å²) in [5.41, 5.74) is 4.42. The molecule has 27 heavy (non-hydrogen) atoms. The van der Waals surface area contributed by atoms with Gasteiger partial charge in [-0.15, -0.1) is 0 Å². The highest BCUT2D eigenvalue weighted by Crippen LogP contribution is 2.22. The third-order valence-corrected chi connectivity index (χ3v) is 4.48. The van der Waals surface area contributed by atoms with E-state index in [1.807, 2.05) is 13.8 Å². The molecule has 0 rings (SSSR count). The number of hydrogen-bond acceptors (Lipinski definition) is 2. The van der Waals surface area contributed by atoms with Gasteiger partial charge in [0, 0.05) is 0 Å². The number of ether oxygens (including phenoxy) is 1. The minimum atomic E-state index is -0.620. The topological polar surface area (TPSA) is 26.3 Å². The van der Waals surface area contributed by atoms with Crippen LogP contribution in [0, 0.1) is 0 Å². The molecule has 0 amide bonds. The predicted molar refractivity (Wildman–Crippen MR) is 119 cm³/mol. The third-order valence-electron chi connectivity index (χ3n) is 4.48. The van der Waals surface area contributed by atoms with Gasteiger partial charge in [-0.05, 0) is 86.1 Å². The van der Waals surface area contributed by atoms with Crippen LogP contribution >= 0.6 is 0 Å². The van der Waals surface area contributed by atoms with Crippen molar-refractivity contribution in [2.75, 3.05) is 0 Å². The molecular formula is C25H40O2. The van der Waals surface area contributed by atoms with Crippen LogP contribution in [0.5, 0.6) is 0 Å². The van der Waals surface area contributed by atoms with Crippen molar-refractivity contribution in [1.29, 1.82) is 0 Å². The third kappa shape index (κ3) is 14.0. The van der Waals surface area contributed by atoms with Crippen molar-refractivity contribution in [2.45, 2.75) is 92.1 Å². The molecule has 0 aliphatic rings. The van der Waals surface area contributed by atoms with E-state index in [-0.39, 0.29) is 12.4 Å². The van der Waals surface area contributed by atoms with E-state index in [0.717, 1.165) is 44.1 Å². The normalized spacial score (nSPS) is 14.3. The Morgan fingerprint density at radius 1 is 0.926 bits per heavy atom. The zero-order valence-electron chi connectivity index (χ0n) is 18.5. The molecule has 2 heteroatoms.